The van der Waals surface area contributed by atoms with Gasteiger partial charge in [0.15, 0.2) is 0 Å². The molecule has 2 saturated heterocycles. The monoisotopic (exact) mass is 250 g/mol. The molecule has 1 aliphatic carbocycles. The predicted molar refractivity (Wildman–Crippen MR) is 72.3 cm³/mol. The Morgan fingerprint density at radius 3 is 2.22 bits per heavy atom. The standard InChI is InChI=1S/C15H26N2O/c18-14(13-3-9-16-10-4-13)17-11-7-15(8-12-17)5-1-2-6-15/h13,16H,1-12H2. The molecule has 0 aromatic heterocycles. The van der Waals surface area contributed by atoms with Gasteiger partial charge >= 0.3 is 0 Å². The van der Waals surface area contributed by atoms with Gasteiger partial charge in [0.1, 0.15) is 0 Å². The molecule has 2 aliphatic heterocycles. The highest BCUT2D eigenvalue weighted by atomic mass is 16.2. The van der Waals surface area contributed by atoms with Crippen LogP contribution in [0, 0.1) is 11.3 Å². The van der Waals surface area contributed by atoms with Gasteiger partial charge in [-0.15, -0.1) is 0 Å². The zero-order valence-electron chi connectivity index (χ0n) is 11.4. The Bertz CT molecular complexity index is 294. The van der Waals surface area contributed by atoms with Gasteiger partial charge in [-0.05, 0) is 57.0 Å². The van der Waals surface area contributed by atoms with Crippen molar-refractivity contribution in [2.45, 2.75) is 51.4 Å². The molecular weight excluding hydrogens is 224 g/mol. The molecule has 1 spiro atoms. The summed E-state index contributed by atoms with van der Waals surface area (Å²) < 4.78 is 0. The fourth-order valence-electron chi connectivity index (χ4n) is 4.15. The van der Waals surface area contributed by atoms with Crippen molar-refractivity contribution in [2.75, 3.05) is 26.2 Å². The van der Waals surface area contributed by atoms with Crippen LogP contribution in [0.25, 0.3) is 0 Å². The fourth-order valence-corrected chi connectivity index (χ4v) is 4.15. The van der Waals surface area contributed by atoms with E-state index in [1.807, 2.05) is 0 Å². The van der Waals surface area contributed by atoms with Gasteiger partial charge in [-0.1, -0.05) is 12.8 Å². The molecule has 3 rings (SSSR count). The van der Waals surface area contributed by atoms with Crippen LogP contribution in [0.1, 0.15) is 51.4 Å². The Balaban J connectivity index is 1.53. The molecule has 0 unspecified atom stereocenters. The molecular formula is C15H26N2O. The second-order valence-corrected chi connectivity index (χ2v) is 6.56. The first kappa shape index (κ1) is 12.5. The van der Waals surface area contributed by atoms with Gasteiger partial charge in [0, 0.05) is 19.0 Å². The van der Waals surface area contributed by atoms with Crippen molar-refractivity contribution in [3.63, 3.8) is 0 Å². The lowest BCUT2D eigenvalue weighted by Crippen LogP contribution is -2.46. The summed E-state index contributed by atoms with van der Waals surface area (Å²) in [5.41, 5.74) is 0.630. The molecule has 0 atom stereocenters. The minimum atomic E-state index is 0.309. The van der Waals surface area contributed by atoms with E-state index >= 15 is 0 Å². The Morgan fingerprint density at radius 2 is 1.61 bits per heavy atom. The first-order valence-corrected chi connectivity index (χ1v) is 7.79. The largest absolute Gasteiger partial charge is 0.342 e. The second-order valence-electron chi connectivity index (χ2n) is 6.56. The maximum atomic E-state index is 12.5. The van der Waals surface area contributed by atoms with Crippen LogP contribution in [-0.4, -0.2) is 37.0 Å². The number of nitrogens with zero attached hydrogens (tertiary/aromatic N) is 1. The predicted octanol–water partition coefficient (Wildman–Crippen LogP) is 2.17. The highest BCUT2D eigenvalue weighted by molar-refractivity contribution is 5.79. The molecule has 102 valence electrons. The molecule has 0 radical (unpaired) electrons. The molecule has 3 nitrogen and oxygen atoms in total. The molecule has 3 heteroatoms. The minimum absolute atomic E-state index is 0.309. The van der Waals surface area contributed by atoms with Crippen LogP contribution in [0.4, 0.5) is 0 Å². The maximum absolute atomic E-state index is 12.5. The quantitative estimate of drug-likeness (QED) is 0.773. The number of hydrogen-bond donors (Lipinski definition) is 1. The van der Waals surface area contributed by atoms with Crippen molar-refractivity contribution in [2.24, 2.45) is 11.3 Å². The lowest BCUT2D eigenvalue weighted by Gasteiger charge is -2.41. The molecule has 1 saturated carbocycles. The van der Waals surface area contributed by atoms with Crippen molar-refractivity contribution >= 4 is 5.91 Å². The van der Waals surface area contributed by atoms with Crippen LogP contribution >= 0.6 is 0 Å². The van der Waals surface area contributed by atoms with Gasteiger partial charge in [0.25, 0.3) is 0 Å². The van der Waals surface area contributed by atoms with Gasteiger partial charge in [0.05, 0.1) is 0 Å². The van der Waals surface area contributed by atoms with Crippen LogP contribution in [0.2, 0.25) is 0 Å². The van der Waals surface area contributed by atoms with Crippen molar-refractivity contribution in [1.82, 2.24) is 10.2 Å². The van der Waals surface area contributed by atoms with Crippen LogP contribution in [-0.2, 0) is 4.79 Å². The third kappa shape index (κ3) is 2.42. The van der Waals surface area contributed by atoms with Gasteiger partial charge in [-0.3, -0.25) is 4.79 Å². The zero-order valence-corrected chi connectivity index (χ0v) is 11.4. The van der Waals surface area contributed by atoms with E-state index in [1.165, 1.54) is 38.5 Å². The molecule has 3 aliphatic rings. The zero-order chi connectivity index (χ0) is 12.4. The lowest BCUT2D eigenvalue weighted by atomic mass is 9.77. The third-order valence-corrected chi connectivity index (χ3v) is 5.49. The number of hydrogen-bond acceptors (Lipinski definition) is 2. The van der Waals surface area contributed by atoms with E-state index in [0.29, 0.717) is 17.2 Å². The van der Waals surface area contributed by atoms with Crippen LogP contribution in [0.5, 0.6) is 0 Å². The summed E-state index contributed by atoms with van der Waals surface area (Å²) in [6.07, 6.45) is 10.3. The smallest absolute Gasteiger partial charge is 0.225 e. The molecule has 18 heavy (non-hydrogen) atoms. The second kappa shape index (κ2) is 5.20. The summed E-state index contributed by atoms with van der Waals surface area (Å²) >= 11 is 0. The van der Waals surface area contributed by atoms with Crippen LogP contribution in [0.15, 0.2) is 0 Å². The Hall–Kier alpha value is -0.570. The van der Waals surface area contributed by atoms with Crippen molar-refractivity contribution < 1.29 is 4.79 Å². The lowest BCUT2D eigenvalue weighted by molar-refractivity contribution is -0.138. The average molecular weight is 250 g/mol. The number of amides is 1. The molecule has 1 amide bonds. The maximum Gasteiger partial charge on any atom is 0.225 e. The Labute approximate surface area is 110 Å². The van der Waals surface area contributed by atoms with Crippen molar-refractivity contribution in [3.8, 4) is 0 Å². The molecule has 0 bridgehead atoms. The minimum Gasteiger partial charge on any atom is -0.342 e. The number of carbonyl (C=O) groups excluding carboxylic acids is 1. The number of rotatable bonds is 1. The van der Waals surface area contributed by atoms with E-state index in [2.05, 4.69) is 10.2 Å². The van der Waals surface area contributed by atoms with E-state index in [4.69, 9.17) is 0 Å². The van der Waals surface area contributed by atoms with E-state index in [-0.39, 0.29) is 0 Å². The van der Waals surface area contributed by atoms with Crippen molar-refractivity contribution in [3.05, 3.63) is 0 Å². The Morgan fingerprint density at radius 1 is 1.00 bits per heavy atom. The summed E-state index contributed by atoms with van der Waals surface area (Å²) in [7, 11) is 0. The van der Waals surface area contributed by atoms with Gasteiger partial charge in [-0.2, -0.15) is 0 Å². The van der Waals surface area contributed by atoms with Gasteiger partial charge in [-0.25, -0.2) is 0 Å². The van der Waals surface area contributed by atoms with E-state index < -0.39 is 0 Å². The molecule has 1 N–H and O–H groups in total. The summed E-state index contributed by atoms with van der Waals surface area (Å²) in [5, 5.41) is 3.34. The highest BCUT2D eigenvalue weighted by Crippen LogP contribution is 2.46. The number of nitrogens with one attached hydrogen (secondary N) is 1. The molecule has 0 aromatic rings. The first-order valence-electron chi connectivity index (χ1n) is 7.79. The highest BCUT2D eigenvalue weighted by Gasteiger charge is 2.39. The number of likely N-dealkylation sites (tertiary alicyclic amines) is 1. The molecule has 3 fully saturated rings. The van der Waals surface area contributed by atoms with Crippen LogP contribution < -0.4 is 5.32 Å². The van der Waals surface area contributed by atoms with E-state index in [9.17, 15) is 4.79 Å². The van der Waals surface area contributed by atoms with E-state index in [0.717, 1.165) is 39.0 Å². The van der Waals surface area contributed by atoms with Gasteiger partial charge < -0.3 is 10.2 Å². The normalized spacial score (nSPS) is 28.8. The topological polar surface area (TPSA) is 32.3 Å². The SMILES string of the molecule is O=C(C1CCNCC1)N1CCC2(CCCC2)CC1. The number of piperidine rings is 2. The third-order valence-electron chi connectivity index (χ3n) is 5.49. The first-order chi connectivity index (χ1) is 8.79. The number of carbonyl (C=O) groups is 1. The summed E-state index contributed by atoms with van der Waals surface area (Å²) in [5.74, 6) is 0.758. The van der Waals surface area contributed by atoms with E-state index in [1.54, 1.807) is 0 Å². The molecule has 2 heterocycles. The summed E-state index contributed by atoms with van der Waals surface area (Å²) in [6, 6.07) is 0. The Kier molecular flexibility index (Phi) is 3.60. The van der Waals surface area contributed by atoms with Crippen molar-refractivity contribution in [1.29, 1.82) is 0 Å². The summed E-state index contributed by atoms with van der Waals surface area (Å²) in [4.78, 5) is 14.6. The van der Waals surface area contributed by atoms with Crippen LogP contribution in [0.3, 0.4) is 0 Å². The summed E-state index contributed by atoms with van der Waals surface area (Å²) in [6.45, 7) is 4.11. The average Bonchev–Trinajstić information content (AvgIpc) is 2.88. The van der Waals surface area contributed by atoms with Gasteiger partial charge in [0.2, 0.25) is 5.91 Å². The fraction of sp³-hybridized carbons (Fsp3) is 0.933. The molecule has 0 aromatic carbocycles.